The maximum absolute atomic E-state index is 14.1. The molecule has 3 atom stereocenters. The average Bonchev–Trinajstić information content (AvgIpc) is 3.58. The second-order valence-corrected chi connectivity index (χ2v) is 12.0. The van der Waals surface area contributed by atoms with E-state index in [1.807, 2.05) is 43.3 Å². The Morgan fingerprint density at radius 2 is 1.33 bits per heavy atom. The molecule has 0 N–H and O–H groups in total. The van der Waals surface area contributed by atoms with E-state index in [0.717, 1.165) is 22.3 Å². The Hall–Kier alpha value is -5.24. The summed E-state index contributed by atoms with van der Waals surface area (Å²) >= 11 is 0. The number of ether oxygens (including phenoxy) is 2. The molecule has 4 aromatic carbocycles. The van der Waals surface area contributed by atoms with Crippen LogP contribution in [-0.4, -0.2) is 36.8 Å². The summed E-state index contributed by atoms with van der Waals surface area (Å²) in [6, 6.07) is 30.0. The van der Waals surface area contributed by atoms with Gasteiger partial charge in [-0.2, -0.15) is 0 Å². The van der Waals surface area contributed by atoms with Gasteiger partial charge in [-0.25, -0.2) is 4.90 Å². The Labute approximate surface area is 260 Å². The number of benzene rings is 4. The lowest BCUT2D eigenvalue weighted by Crippen LogP contribution is -2.41. The van der Waals surface area contributed by atoms with Crippen LogP contribution in [0.4, 0.5) is 11.4 Å². The van der Waals surface area contributed by atoms with Gasteiger partial charge in [-0.1, -0.05) is 66.7 Å². The molecule has 0 aromatic heterocycles. The van der Waals surface area contributed by atoms with Gasteiger partial charge in [0.05, 0.1) is 35.7 Å². The largest absolute Gasteiger partial charge is 0.492 e. The van der Waals surface area contributed by atoms with Gasteiger partial charge in [0.15, 0.2) is 0 Å². The maximum atomic E-state index is 14.1. The highest BCUT2D eigenvalue weighted by Gasteiger charge is 2.61. The minimum absolute atomic E-state index is 0.00926. The molecular formula is C37H30N2O6. The summed E-state index contributed by atoms with van der Waals surface area (Å²) in [5, 5.41) is 0. The number of amides is 3. The summed E-state index contributed by atoms with van der Waals surface area (Å²) in [5.74, 6) is -2.52. The minimum atomic E-state index is -0.679. The van der Waals surface area contributed by atoms with Gasteiger partial charge in [-0.15, -0.1) is 0 Å². The topological polar surface area (TPSA) is 93.2 Å². The highest BCUT2D eigenvalue weighted by molar-refractivity contribution is 6.23. The number of carbonyl (C=O) groups is 4. The zero-order chi connectivity index (χ0) is 30.8. The zero-order valence-electron chi connectivity index (χ0n) is 24.6. The van der Waals surface area contributed by atoms with Crippen LogP contribution in [0.15, 0.2) is 97.1 Å². The van der Waals surface area contributed by atoms with Gasteiger partial charge in [0.25, 0.3) is 0 Å². The van der Waals surface area contributed by atoms with Crippen LogP contribution in [0.3, 0.4) is 0 Å². The number of hydrogen-bond acceptors (Lipinski definition) is 6. The molecule has 2 bridgehead atoms. The van der Waals surface area contributed by atoms with E-state index >= 15 is 0 Å². The van der Waals surface area contributed by atoms with Crippen molar-refractivity contribution in [2.24, 2.45) is 17.8 Å². The van der Waals surface area contributed by atoms with E-state index in [2.05, 4.69) is 24.3 Å². The molecule has 2 aliphatic heterocycles. The predicted octanol–water partition coefficient (Wildman–Crippen LogP) is 5.44. The SMILES string of the molecule is CCOc1ccccc1N1C[C@H](C(=O)Oc2cccc(N3C(=O)[C@@H]4C5c6ccccc6C(c6ccccc65)[C@@H]4C3=O)c2)CC1=O. The molecule has 8 nitrogen and oxygen atoms in total. The number of nitrogens with zero attached hydrogens (tertiary/aromatic N) is 2. The van der Waals surface area contributed by atoms with Crippen molar-refractivity contribution in [2.75, 3.05) is 23.0 Å². The van der Waals surface area contributed by atoms with E-state index in [-0.39, 0.29) is 48.3 Å². The summed E-state index contributed by atoms with van der Waals surface area (Å²) in [7, 11) is 0. The first kappa shape index (κ1) is 27.3. The zero-order valence-corrected chi connectivity index (χ0v) is 24.6. The van der Waals surface area contributed by atoms with Crippen LogP contribution in [-0.2, 0) is 19.2 Å². The summed E-state index contributed by atoms with van der Waals surface area (Å²) in [4.78, 5) is 57.3. The van der Waals surface area contributed by atoms with Crippen LogP contribution < -0.4 is 19.3 Å². The third kappa shape index (κ3) is 4.12. The summed E-state index contributed by atoms with van der Waals surface area (Å²) in [5.41, 5.74) is 5.42. The standard InChI is InChI=1S/C37H30N2O6/c1-2-44-29-17-8-7-16-28(29)38-20-21(18-30(38)40)37(43)45-23-11-9-10-22(19-23)39-35(41)33-31-24-12-3-4-13-25(24)32(34(33)36(39)42)27-15-6-5-14-26(27)31/h3-17,19,21,31-34H,2,18,20H2,1H3/t21-,31?,32?,33-,34+/m1/s1. The Morgan fingerprint density at radius 1 is 0.756 bits per heavy atom. The predicted molar refractivity (Wildman–Crippen MR) is 166 cm³/mol. The second kappa shape index (κ2) is 10.4. The molecule has 0 radical (unpaired) electrons. The fraction of sp³-hybridized carbons (Fsp3) is 0.243. The minimum Gasteiger partial charge on any atom is -0.492 e. The number of hydrogen-bond donors (Lipinski definition) is 0. The number of imide groups is 1. The van der Waals surface area contributed by atoms with Crippen LogP contribution >= 0.6 is 0 Å². The molecule has 0 unspecified atom stereocenters. The van der Waals surface area contributed by atoms with Crippen molar-refractivity contribution < 1.29 is 28.7 Å². The molecule has 4 aromatic rings. The molecule has 3 aliphatic carbocycles. The van der Waals surface area contributed by atoms with Crippen molar-refractivity contribution in [1.82, 2.24) is 0 Å². The average molecular weight is 599 g/mol. The molecule has 5 aliphatic rings. The maximum Gasteiger partial charge on any atom is 0.316 e. The molecular weight excluding hydrogens is 568 g/mol. The molecule has 0 spiro atoms. The second-order valence-electron chi connectivity index (χ2n) is 12.0. The first-order valence-electron chi connectivity index (χ1n) is 15.4. The number of rotatable bonds is 6. The summed E-state index contributed by atoms with van der Waals surface area (Å²) < 4.78 is 11.4. The molecule has 224 valence electrons. The molecule has 2 heterocycles. The van der Waals surface area contributed by atoms with Gasteiger partial charge in [-0.05, 0) is 53.4 Å². The van der Waals surface area contributed by atoms with Crippen LogP contribution in [0.1, 0.15) is 47.4 Å². The number of carbonyl (C=O) groups excluding carboxylic acids is 4. The third-order valence-electron chi connectivity index (χ3n) is 9.66. The number of anilines is 2. The van der Waals surface area contributed by atoms with Gasteiger partial charge in [0.2, 0.25) is 17.7 Å². The number of esters is 1. The van der Waals surface area contributed by atoms with E-state index in [9.17, 15) is 19.2 Å². The molecule has 3 amide bonds. The smallest absolute Gasteiger partial charge is 0.316 e. The Kier molecular flexibility index (Phi) is 6.34. The Morgan fingerprint density at radius 3 is 1.93 bits per heavy atom. The number of para-hydroxylation sites is 2. The van der Waals surface area contributed by atoms with Crippen molar-refractivity contribution in [3.05, 3.63) is 119 Å². The van der Waals surface area contributed by atoms with Gasteiger partial charge >= 0.3 is 5.97 Å². The van der Waals surface area contributed by atoms with Crippen molar-refractivity contribution in [1.29, 1.82) is 0 Å². The van der Waals surface area contributed by atoms with Gasteiger partial charge < -0.3 is 14.4 Å². The molecule has 45 heavy (non-hydrogen) atoms. The van der Waals surface area contributed by atoms with Crippen molar-refractivity contribution in [3.63, 3.8) is 0 Å². The third-order valence-corrected chi connectivity index (χ3v) is 9.66. The summed E-state index contributed by atoms with van der Waals surface area (Å²) in [6.07, 6.45) is 0.00926. The molecule has 0 saturated carbocycles. The Bertz CT molecular complexity index is 1790. The fourth-order valence-corrected chi connectivity index (χ4v) is 7.87. The van der Waals surface area contributed by atoms with Crippen molar-refractivity contribution in [3.8, 4) is 11.5 Å². The van der Waals surface area contributed by atoms with Crippen molar-refractivity contribution in [2.45, 2.75) is 25.2 Å². The van der Waals surface area contributed by atoms with E-state index in [4.69, 9.17) is 9.47 Å². The normalized spacial score (nSPS) is 24.4. The molecule has 2 saturated heterocycles. The summed E-state index contributed by atoms with van der Waals surface area (Å²) in [6.45, 7) is 2.49. The quantitative estimate of drug-likeness (QED) is 0.167. The molecule has 9 rings (SSSR count). The van der Waals surface area contributed by atoms with E-state index in [1.54, 1.807) is 41.3 Å². The highest BCUT2D eigenvalue weighted by atomic mass is 16.5. The van der Waals surface area contributed by atoms with Gasteiger partial charge in [0.1, 0.15) is 11.5 Å². The lowest BCUT2D eigenvalue weighted by molar-refractivity contribution is -0.139. The van der Waals surface area contributed by atoms with Crippen LogP contribution in [0.25, 0.3) is 0 Å². The van der Waals surface area contributed by atoms with Crippen LogP contribution in [0, 0.1) is 17.8 Å². The van der Waals surface area contributed by atoms with E-state index in [1.165, 1.54) is 4.90 Å². The molecule has 2 fully saturated rings. The Balaban J connectivity index is 1.05. The fourth-order valence-electron chi connectivity index (χ4n) is 7.87. The molecule has 8 heteroatoms. The van der Waals surface area contributed by atoms with E-state index < -0.39 is 23.7 Å². The van der Waals surface area contributed by atoms with Crippen LogP contribution in [0.5, 0.6) is 11.5 Å². The van der Waals surface area contributed by atoms with E-state index in [0.29, 0.717) is 23.7 Å². The van der Waals surface area contributed by atoms with Gasteiger partial charge in [0, 0.05) is 30.9 Å². The van der Waals surface area contributed by atoms with Crippen LogP contribution in [0.2, 0.25) is 0 Å². The lowest BCUT2D eigenvalue weighted by Gasteiger charge is -2.45. The monoisotopic (exact) mass is 598 g/mol. The first-order valence-corrected chi connectivity index (χ1v) is 15.4. The highest BCUT2D eigenvalue weighted by Crippen LogP contribution is 2.61. The van der Waals surface area contributed by atoms with Gasteiger partial charge in [-0.3, -0.25) is 19.2 Å². The first-order chi connectivity index (χ1) is 22.0. The lowest BCUT2D eigenvalue weighted by atomic mass is 9.55. The van der Waals surface area contributed by atoms with Crippen molar-refractivity contribution >= 4 is 35.1 Å².